The minimum Gasteiger partial charge on any atom is -0.506 e. The number of hydrogen-bond donors (Lipinski definition) is 3. The van der Waals surface area contributed by atoms with Crippen molar-refractivity contribution in [2.75, 3.05) is 14.2 Å². The van der Waals surface area contributed by atoms with Crippen molar-refractivity contribution < 1.29 is 23.8 Å². The zero-order valence-electron chi connectivity index (χ0n) is 20.5. The Morgan fingerprint density at radius 1 is 1.09 bits per heavy atom. The maximum atomic E-state index is 13.1. The van der Waals surface area contributed by atoms with Crippen LogP contribution in [0.2, 0.25) is 0 Å². The summed E-state index contributed by atoms with van der Waals surface area (Å²) in [7, 11) is 3.02. The highest BCUT2D eigenvalue weighted by Gasteiger charge is 2.29. The standard InChI is InChI=1S/C25H32N4O6/c1-5-7-10-14(22(26)31)24-28-29-25(35-24)20-21(30)18(15(11-8-6-2)27-23(20)32)19-16(33-3)12-9-13-17(19)34-4/h9,12-14H,5-8,10-11H2,1-4H3,(H2,26,31)(H2,27,30,32). The summed E-state index contributed by atoms with van der Waals surface area (Å²) in [5.74, 6) is -1.02. The number of pyridine rings is 1. The molecule has 0 bridgehead atoms. The normalized spacial score (nSPS) is 11.9. The van der Waals surface area contributed by atoms with Gasteiger partial charge in [0.2, 0.25) is 11.8 Å². The molecule has 4 N–H and O–H groups in total. The van der Waals surface area contributed by atoms with Gasteiger partial charge in [0, 0.05) is 5.69 Å². The van der Waals surface area contributed by atoms with Crippen LogP contribution in [0.1, 0.15) is 63.5 Å². The first-order chi connectivity index (χ1) is 16.9. The van der Waals surface area contributed by atoms with Crippen LogP contribution in [-0.2, 0) is 11.2 Å². The molecule has 10 nitrogen and oxygen atoms in total. The van der Waals surface area contributed by atoms with E-state index in [4.69, 9.17) is 19.6 Å². The highest BCUT2D eigenvalue weighted by Crippen LogP contribution is 2.46. The number of carbonyl (C=O) groups is 1. The summed E-state index contributed by atoms with van der Waals surface area (Å²) in [5, 5.41) is 19.4. The monoisotopic (exact) mass is 484 g/mol. The zero-order valence-corrected chi connectivity index (χ0v) is 20.5. The highest BCUT2D eigenvalue weighted by molar-refractivity contribution is 5.87. The number of unbranched alkanes of at least 4 members (excludes halogenated alkanes) is 2. The maximum absolute atomic E-state index is 13.1. The summed E-state index contributed by atoms with van der Waals surface area (Å²) in [5.41, 5.74) is 6.10. The van der Waals surface area contributed by atoms with E-state index in [0.717, 1.165) is 25.7 Å². The van der Waals surface area contributed by atoms with E-state index in [1.807, 2.05) is 13.8 Å². The van der Waals surface area contributed by atoms with Crippen molar-refractivity contribution in [1.29, 1.82) is 0 Å². The number of nitrogens with zero attached hydrogens (tertiary/aromatic N) is 2. The number of carbonyl (C=O) groups excluding carboxylic acids is 1. The third-order valence-electron chi connectivity index (χ3n) is 5.87. The van der Waals surface area contributed by atoms with Gasteiger partial charge in [0.05, 0.1) is 25.3 Å². The van der Waals surface area contributed by atoms with Crippen LogP contribution in [0.3, 0.4) is 0 Å². The zero-order chi connectivity index (χ0) is 25.5. The molecule has 0 fully saturated rings. The van der Waals surface area contributed by atoms with Crippen LogP contribution in [0.15, 0.2) is 27.4 Å². The smallest absolute Gasteiger partial charge is 0.264 e. The topological polar surface area (TPSA) is 154 Å². The number of ether oxygens (including phenoxy) is 2. The lowest BCUT2D eigenvalue weighted by atomic mass is 9.96. The Balaban J connectivity index is 2.24. The number of nitrogens with two attached hydrogens (primary N) is 1. The fourth-order valence-corrected chi connectivity index (χ4v) is 4.02. The van der Waals surface area contributed by atoms with Crippen molar-refractivity contribution in [3.05, 3.63) is 40.1 Å². The number of aromatic nitrogens is 3. The molecule has 2 aromatic heterocycles. The third kappa shape index (κ3) is 5.31. The number of rotatable bonds is 12. The van der Waals surface area contributed by atoms with Gasteiger partial charge in [-0.2, -0.15) is 0 Å². The largest absolute Gasteiger partial charge is 0.506 e. The lowest BCUT2D eigenvalue weighted by Crippen LogP contribution is -2.21. The van der Waals surface area contributed by atoms with Crippen molar-refractivity contribution in [2.24, 2.45) is 5.73 Å². The van der Waals surface area contributed by atoms with E-state index in [2.05, 4.69) is 15.2 Å². The molecule has 0 aliphatic carbocycles. The number of hydrogen-bond acceptors (Lipinski definition) is 8. The first-order valence-corrected chi connectivity index (χ1v) is 11.7. The third-order valence-corrected chi connectivity index (χ3v) is 5.87. The van der Waals surface area contributed by atoms with Crippen molar-refractivity contribution in [3.8, 4) is 39.8 Å². The fourth-order valence-electron chi connectivity index (χ4n) is 4.02. The van der Waals surface area contributed by atoms with Crippen molar-refractivity contribution in [1.82, 2.24) is 15.2 Å². The van der Waals surface area contributed by atoms with E-state index in [9.17, 15) is 14.7 Å². The number of aryl methyl sites for hydroxylation is 1. The molecule has 1 unspecified atom stereocenters. The van der Waals surface area contributed by atoms with Crippen molar-refractivity contribution in [2.45, 2.75) is 58.3 Å². The molecule has 0 spiro atoms. The lowest BCUT2D eigenvalue weighted by Gasteiger charge is -2.18. The van der Waals surface area contributed by atoms with E-state index in [1.54, 1.807) is 18.2 Å². The first-order valence-electron chi connectivity index (χ1n) is 11.7. The molecule has 1 atom stereocenters. The average Bonchev–Trinajstić information content (AvgIpc) is 3.31. The Kier molecular flexibility index (Phi) is 8.51. The SMILES string of the molecule is CCCCc1[nH]c(=O)c(-c2nnc(C(CCCC)C(N)=O)o2)c(O)c1-c1c(OC)cccc1OC. The minimum atomic E-state index is -0.782. The molecule has 2 heterocycles. The number of benzene rings is 1. The molecule has 188 valence electrons. The molecule has 35 heavy (non-hydrogen) atoms. The average molecular weight is 485 g/mol. The molecule has 1 amide bonds. The first kappa shape index (κ1) is 25.8. The Bertz CT molecular complexity index is 1210. The number of aromatic hydroxyl groups is 1. The van der Waals surface area contributed by atoms with Gasteiger partial charge in [0.15, 0.2) is 0 Å². The molecule has 0 saturated carbocycles. The van der Waals surface area contributed by atoms with E-state index in [1.165, 1.54) is 14.2 Å². The van der Waals surface area contributed by atoms with Crippen LogP contribution >= 0.6 is 0 Å². The number of aromatic amines is 1. The second-order valence-corrected chi connectivity index (χ2v) is 8.22. The maximum Gasteiger partial charge on any atom is 0.264 e. The van der Waals surface area contributed by atoms with E-state index < -0.39 is 17.4 Å². The summed E-state index contributed by atoms with van der Waals surface area (Å²) in [6.45, 7) is 4.02. The van der Waals surface area contributed by atoms with Crippen LogP contribution in [0, 0.1) is 0 Å². The highest BCUT2D eigenvalue weighted by atomic mass is 16.5. The van der Waals surface area contributed by atoms with Crippen LogP contribution < -0.4 is 20.8 Å². The molecule has 10 heteroatoms. The molecular weight excluding hydrogens is 452 g/mol. The van der Waals surface area contributed by atoms with Gasteiger partial charge in [-0.05, 0) is 31.4 Å². The van der Waals surface area contributed by atoms with Gasteiger partial charge < -0.3 is 29.7 Å². The molecule has 0 radical (unpaired) electrons. The van der Waals surface area contributed by atoms with Crippen LogP contribution in [0.5, 0.6) is 17.2 Å². The summed E-state index contributed by atoms with van der Waals surface area (Å²) < 4.78 is 16.8. The Hall–Kier alpha value is -3.82. The van der Waals surface area contributed by atoms with E-state index in [-0.39, 0.29) is 23.1 Å². The Labute approximate surface area is 203 Å². The number of methoxy groups -OCH3 is 2. The molecule has 3 rings (SSSR count). The molecular formula is C25H32N4O6. The summed E-state index contributed by atoms with van der Waals surface area (Å²) in [6, 6.07) is 5.24. The summed E-state index contributed by atoms with van der Waals surface area (Å²) in [6.07, 6.45) is 4.20. The van der Waals surface area contributed by atoms with Gasteiger partial charge in [-0.1, -0.05) is 39.2 Å². The second-order valence-electron chi connectivity index (χ2n) is 8.22. The van der Waals surface area contributed by atoms with E-state index in [0.29, 0.717) is 41.2 Å². The fraction of sp³-hybridized carbons (Fsp3) is 0.440. The van der Waals surface area contributed by atoms with Gasteiger partial charge in [-0.3, -0.25) is 9.59 Å². The molecule has 0 saturated heterocycles. The van der Waals surface area contributed by atoms with Crippen molar-refractivity contribution in [3.63, 3.8) is 0 Å². The predicted octanol–water partition coefficient (Wildman–Crippen LogP) is 3.92. The number of primary amides is 1. The van der Waals surface area contributed by atoms with Gasteiger partial charge in [0.1, 0.15) is 28.7 Å². The van der Waals surface area contributed by atoms with Gasteiger partial charge in [-0.15, -0.1) is 10.2 Å². The lowest BCUT2D eigenvalue weighted by molar-refractivity contribution is -0.120. The number of amides is 1. The van der Waals surface area contributed by atoms with E-state index >= 15 is 0 Å². The minimum absolute atomic E-state index is 0.00577. The Morgan fingerprint density at radius 2 is 1.74 bits per heavy atom. The van der Waals surface area contributed by atoms with Gasteiger partial charge in [0.25, 0.3) is 11.4 Å². The van der Waals surface area contributed by atoms with Gasteiger partial charge >= 0.3 is 0 Å². The molecule has 3 aromatic rings. The van der Waals surface area contributed by atoms with Crippen molar-refractivity contribution >= 4 is 5.91 Å². The van der Waals surface area contributed by atoms with Gasteiger partial charge in [-0.25, -0.2) is 0 Å². The van der Waals surface area contributed by atoms with Crippen LogP contribution in [0.25, 0.3) is 22.6 Å². The summed E-state index contributed by atoms with van der Waals surface area (Å²) in [4.78, 5) is 27.9. The number of nitrogens with one attached hydrogen (secondary N) is 1. The molecule has 1 aromatic carbocycles. The quantitative estimate of drug-likeness (QED) is 0.350. The van der Waals surface area contributed by atoms with Crippen LogP contribution in [-0.4, -0.2) is 40.4 Å². The number of H-pyrrole nitrogens is 1. The second kappa shape index (κ2) is 11.5. The summed E-state index contributed by atoms with van der Waals surface area (Å²) >= 11 is 0. The molecule has 0 aliphatic rings. The Morgan fingerprint density at radius 3 is 2.31 bits per heavy atom. The molecule has 0 aliphatic heterocycles. The van der Waals surface area contributed by atoms with Crippen LogP contribution in [0.4, 0.5) is 0 Å². The predicted molar refractivity (Wildman–Crippen MR) is 131 cm³/mol.